The highest BCUT2D eigenvalue weighted by Crippen LogP contribution is 2.12. The number of benzene rings is 1. The van der Waals surface area contributed by atoms with Crippen LogP contribution in [0.1, 0.15) is 29.6 Å². The third-order valence-corrected chi connectivity index (χ3v) is 2.48. The molecule has 1 saturated heterocycles. The van der Waals surface area contributed by atoms with Crippen molar-refractivity contribution in [1.82, 2.24) is 5.06 Å². The van der Waals surface area contributed by atoms with Crippen LogP contribution in [0.4, 0.5) is 0 Å². The summed E-state index contributed by atoms with van der Waals surface area (Å²) in [6.07, 6.45) is 2.22. The second kappa shape index (κ2) is 4.79. The van der Waals surface area contributed by atoms with E-state index in [1.165, 1.54) is 5.06 Å². The first kappa shape index (κ1) is 10.7. The van der Waals surface area contributed by atoms with Crippen LogP contribution in [0.3, 0.4) is 0 Å². The lowest BCUT2D eigenvalue weighted by Crippen LogP contribution is -2.37. The zero-order valence-electron chi connectivity index (χ0n) is 8.89. The summed E-state index contributed by atoms with van der Waals surface area (Å²) in [5.41, 5.74) is 0.459. The molecule has 1 aliphatic heterocycles. The van der Waals surface area contributed by atoms with Crippen molar-refractivity contribution < 1.29 is 14.4 Å². The van der Waals surface area contributed by atoms with E-state index in [-0.39, 0.29) is 5.91 Å². The number of hydrogen-bond donors (Lipinski definition) is 0. The van der Waals surface area contributed by atoms with Gasteiger partial charge in [-0.3, -0.25) is 4.79 Å². The van der Waals surface area contributed by atoms with E-state index in [9.17, 15) is 9.59 Å². The largest absolute Gasteiger partial charge is 0.363 e. The molecule has 1 aliphatic rings. The molecule has 2 rings (SSSR count). The van der Waals surface area contributed by atoms with E-state index in [0.29, 0.717) is 18.5 Å². The highest BCUT2D eigenvalue weighted by Gasteiger charge is 2.22. The second-order valence-electron chi connectivity index (χ2n) is 3.70. The molecule has 1 amide bonds. The summed E-state index contributed by atoms with van der Waals surface area (Å²) >= 11 is 0. The molecule has 0 aromatic heterocycles. The van der Waals surface area contributed by atoms with Crippen molar-refractivity contribution in [1.29, 1.82) is 0 Å². The molecule has 1 heterocycles. The standard InChI is InChI=1S/C12H13NO3/c14-11-8-4-5-9-13(11)16-12(15)10-6-2-1-3-7-10/h1-3,6-7H,4-5,8-9H2. The van der Waals surface area contributed by atoms with E-state index in [2.05, 4.69) is 0 Å². The summed E-state index contributed by atoms with van der Waals surface area (Å²) in [4.78, 5) is 28.1. The lowest BCUT2D eigenvalue weighted by Gasteiger charge is -2.24. The van der Waals surface area contributed by atoms with Crippen molar-refractivity contribution in [3.05, 3.63) is 35.9 Å². The average Bonchev–Trinajstić information content (AvgIpc) is 2.33. The van der Waals surface area contributed by atoms with E-state index in [4.69, 9.17) is 4.84 Å². The zero-order chi connectivity index (χ0) is 11.4. The molecule has 0 aliphatic carbocycles. The van der Waals surface area contributed by atoms with Gasteiger partial charge in [0, 0.05) is 6.42 Å². The molecule has 1 aromatic rings. The van der Waals surface area contributed by atoms with Gasteiger partial charge >= 0.3 is 5.97 Å². The predicted octanol–water partition coefficient (Wildman–Crippen LogP) is 1.77. The normalized spacial score (nSPS) is 16.0. The Hall–Kier alpha value is -1.84. The summed E-state index contributed by atoms with van der Waals surface area (Å²) in [5, 5.41) is 1.17. The molecular weight excluding hydrogens is 206 g/mol. The summed E-state index contributed by atoms with van der Waals surface area (Å²) in [5.74, 6) is -0.591. The maximum atomic E-state index is 11.6. The molecule has 4 heteroatoms. The van der Waals surface area contributed by atoms with Crippen LogP contribution in [0.5, 0.6) is 0 Å². The van der Waals surface area contributed by atoms with Gasteiger partial charge in [0.1, 0.15) is 0 Å². The summed E-state index contributed by atoms with van der Waals surface area (Å²) in [6.45, 7) is 0.497. The third-order valence-electron chi connectivity index (χ3n) is 2.48. The summed E-state index contributed by atoms with van der Waals surface area (Å²) in [7, 11) is 0. The molecule has 1 fully saturated rings. The maximum Gasteiger partial charge on any atom is 0.363 e. The number of carbonyl (C=O) groups is 2. The number of carbonyl (C=O) groups excluding carboxylic acids is 2. The molecule has 0 N–H and O–H groups in total. The number of hydroxylamine groups is 2. The summed E-state index contributed by atoms with van der Waals surface area (Å²) in [6, 6.07) is 8.67. The van der Waals surface area contributed by atoms with Gasteiger partial charge in [0.05, 0.1) is 12.1 Å². The Balaban J connectivity index is 1.99. The van der Waals surface area contributed by atoms with Gasteiger partial charge < -0.3 is 4.84 Å². The van der Waals surface area contributed by atoms with E-state index < -0.39 is 5.97 Å². The van der Waals surface area contributed by atoms with Crippen LogP contribution in [0.25, 0.3) is 0 Å². The molecule has 0 bridgehead atoms. The SMILES string of the molecule is O=C(ON1CCCCC1=O)c1ccccc1. The van der Waals surface area contributed by atoms with Crippen molar-refractivity contribution in [3.63, 3.8) is 0 Å². The van der Waals surface area contributed by atoms with Crippen LogP contribution in [-0.4, -0.2) is 23.5 Å². The zero-order valence-corrected chi connectivity index (χ0v) is 8.89. The van der Waals surface area contributed by atoms with Gasteiger partial charge in [0.2, 0.25) is 0 Å². The fourth-order valence-electron chi connectivity index (χ4n) is 1.60. The van der Waals surface area contributed by atoms with E-state index in [1.807, 2.05) is 6.07 Å². The highest BCUT2D eigenvalue weighted by atomic mass is 16.7. The fraction of sp³-hybridized carbons (Fsp3) is 0.333. The number of rotatable bonds is 2. The minimum absolute atomic E-state index is 0.115. The first-order valence-corrected chi connectivity index (χ1v) is 5.35. The minimum Gasteiger partial charge on any atom is -0.333 e. The molecule has 1 aromatic carbocycles. The molecule has 84 valence electrons. The Morgan fingerprint density at radius 3 is 2.62 bits per heavy atom. The van der Waals surface area contributed by atoms with Crippen molar-refractivity contribution >= 4 is 11.9 Å². The van der Waals surface area contributed by atoms with E-state index in [1.54, 1.807) is 24.3 Å². The minimum atomic E-state index is -0.476. The lowest BCUT2D eigenvalue weighted by molar-refractivity contribution is -0.171. The number of nitrogens with zero attached hydrogens (tertiary/aromatic N) is 1. The third kappa shape index (κ3) is 2.39. The number of amides is 1. The number of piperidine rings is 1. The van der Waals surface area contributed by atoms with Gasteiger partial charge in [-0.05, 0) is 25.0 Å². The lowest BCUT2D eigenvalue weighted by atomic mass is 10.1. The predicted molar refractivity (Wildman–Crippen MR) is 57.4 cm³/mol. The van der Waals surface area contributed by atoms with Gasteiger partial charge in [0.15, 0.2) is 0 Å². The molecule has 0 radical (unpaired) electrons. The van der Waals surface area contributed by atoms with E-state index >= 15 is 0 Å². The molecule has 0 atom stereocenters. The molecule has 0 unspecified atom stereocenters. The van der Waals surface area contributed by atoms with Gasteiger partial charge in [-0.1, -0.05) is 18.2 Å². The Kier molecular flexibility index (Phi) is 3.19. The average molecular weight is 219 g/mol. The quantitative estimate of drug-likeness (QED) is 0.761. The van der Waals surface area contributed by atoms with Gasteiger partial charge in [0.25, 0.3) is 5.91 Å². The van der Waals surface area contributed by atoms with Gasteiger partial charge in [-0.15, -0.1) is 0 Å². The van der Waals surface area contributed by atoms with Gasteiger partial charge in [-0.25, -0.2) is 4.79 Å². The fourth-order valence-corrected chi connectivity index (χ4v) is 1.60. The van der Waals surface area contributed by atoms with Crippen molar-refractivity contribution in [2.45, 2.75) is 19.3 Å². The second-order valence-corrected chi connectivity index (χ2v) is 3.70. The summed E-state index contributed by atoms with van der Waals surface area (Å²) < 4.78 is 0. The Bertz CT molecular complexity index is 389. The van der Waals surface area contributed by atoms with Crippen LogP contribution in [0, 0.1) is 0 Å². The Morgan fingerprint density at radius 1 is 1.19 bits per heavy atom. The first-order valence-electron chi connectivity index (χ1n) is 5.35. The van der Waals surface area contributed by atoms with Crippen molar-refractivity contribution in [3.8, 4) is 0 Å². The smallest absolute Gasteiger partial charge is 0.333 e. The maximum absolute atomic E-state index is 11.6. The monoisotopic (exact) mass is 219 g/mol. The molecular formula is C12H13NO3. The molecule has 0 spiro atoms. The Morgan fingerprint density at radius 2 is 1.94 bits per heavy atom. The van der Waals surface area contributed by atoms with Crippen LogP contribution >= 0.6 is 0 Å². The van der Waals surface area contributed by atoms with Crippen LogP contribution in [0.2, 0.25) is 0 Å². The van der Waals surface area contributed by atoms with Crippen molar-refractivity contribution in [2.24, 2.45) is 0 Å². The molecule has 4 nitrogen and oxygen atoms in total. The molecule has 0 saturated carbocycles. The Labute approximate surface area is 93.8 Å². The highest BCUT2D eigenvalue weighted by molar-refractivity contribution is 5.90. The van der Waals surface area contributed by atoms with Crippen molar-refractivity contribution in [2.75, 3.05) is 6.54 Å². The number of hydrogen-bond acceptors (Lipinski definition) is 3. The van der Waals surface area contributed by atoms with Crippen LogP contribution < -0.4 is 0 Å². The van der Waals surface area contributed by atoms with Gasteiger partial charge in [-0.2, -0.15) is 5.06 Å². The first-order chi connectivity index (χ1) is 7.77. The topological polar surface area (TPSA) is 46.6 Å². The van der Waals surface area contributed by atoms with Crippen LogP contribution in [-0.2, 0) is 9.63 Å². The molecule has 16 heavy (non-hydrogen) atoms. The van der Waals surface area contributed by atoms with Crippen LogP contribution in [0.15, 0.2) is 30.3 Å². The van der Waals surface area contributed by atoms with E-state index in [0.717, 1.165) is 12.8 Å².